The number of guanidine groups is 1. The van der Waals surface area contributed by atoms with Gasteiger partial charge in [0, 0.05) is 46.3 Å². The number of hydrogen-bond donors (Lipinski definition) is 1. The fourth-order valence-electron chi connectivity index (χ4n) is 2.81. The molecule has 0 heterocycles. The van der Waals surface area contributed by atoms with E-state index < -0.39 is 0 Å². The van der Waals surface area contributed by atoms with Crippen LogP contribution >= 0.6 is 0 Å². The highest BCUT2D eigenvalue weighted by Gasteiger charge is 2.09. The summed E-state index contributed by atoms with van der Waals surface area (Å²) in [7, 11) is 5.58. The number of benzene rings is 2. The van der Waals surface area contributed by atoms with Gasteiger partial charge in [0.25, 0.3) is 5.91 Å². The van der Waals surface area contributed by atoms with Gasteiger partial charge in [-0.05, 0) is 36.6 Å². The van der Waals surface area contributed by atoms with Gasteiger partial charge in [0.1, 0.15) is 0 Å². The van der Waals surface area contributed by atoms with E-state index in [1.54, 1.807) is 19.0 Å². The number of aliphatic imine (C=N–C) groups is 1. The van der Waals surface area contributed by atoms with Crippen LogP contribution in [0.5, 0.6) is 0 Å². The first-order valence-corrected chi connectivity index (χ1v) is 9.35. The maximum absolute atomic E-state index is 12.1. The van der Waals surface area contributed by atoms with Crippen LogP contribution in [0.15, 0.2) is 59.6 Å². The Morgan fingerprint density at radius 2 is 1.70 bits per heavy atom. The maximum Gasteiger partial charge on any atom is 0.253 e. The van der Waals surface area contributed by atoms with Crippen LogP contribution in [0.2, 0.25) is 0 Å². The summed E-state index contributed by atoms with van der Waals surface area (Å²) in [6, 6.07) is 18.2. The molecule has 1 N–H and O–H groups in total. The van der Waals surface area contributed by atoms with Crippen molar-refractivity contribution in [1.82, 2.24) is 15.1 Å². The van der Waals surface area contributed by atoms with E-state index in [1.807, 2.05) is 37.4 Å². The van der Waals surface area contributed by atoms with Gasteiger partial charge < -0.3 is 15.1 Å². The van der Waals surface area contributed by atoms with Crippen molar-refractivity contribution < 1.29 is 4.79 Å². The summed E-state index contributed by atoms with van der Waals surface area (Å²) in [5.41, 5.74) is 3.09. The Kier molecular flexibility index (Phi) is 7.86. The summed E-state index contributed by atoms with van der Waals surface area (Å²) in [6.45, 7) is 4.37. The molecule has 2 rings (SSSR count). The molecule has 0 aliphatic carbocycles. The molecule has 0 saturated heterocycles. The molecule has 0 aromatic heterocycles. The zero-order valence-electron chi connectivity index (χ0n) is 16.8. The average Bonchev–Trinajstić information content (AvgIpc) is 2.67. The fourth-order valence-corrected chi connectivity index (χ4v) is 2.81. The van der Waals surface area contributed by atoms with Crippen molar-refractivity contribution >= 4 is 11.9 Å². The van der Waals surface area contributed by atoms with E-state index in [4.69, 9.17) is 4.99 Å². The Morgan fingerprint density at radius 1 is 1.00 bits per heavy atom. The van der Waals surface area contributed by atoms with Crippen molar-refractivity contribution in [2.24, 2.45) is 4.99 Å². The van der Waals surface area contributed by atoms with Crippen LogP contribution in [0.3, 0.4) is 0 Å². The molecule has 1 amide bonds. The van der Waals surface area contributed by atoms with Gasteiger partial charge in [0.2, 0.25) is 0 Å². The summed E-state index contributed by atoms with van der Waals surface area (Å²) in [5.74, 6) is 0.915. The second-order valence-corrected chi connectivity index (χ2v) is 6.73. The Labute approximate surface area is 162 Å². The summed E-state index contributed by atoms with van der Waals surface area (Å²) in [6.07, 6.45) is 0.794. The molecule has 0 radical (unpaired) electrons. The van der Waals surface area contributed by atoms with Gasteiger partial charge in [0.05, 0.1) is 0 Å². The van der Waals surface area contributed by atoms with E-state index in [9.17, 15) is 4.79 Å². The number of carbonyl (C=O) groups excluding carboxylic acids is 1. The zero-order valence-corrected chi connectivity index (χ0v) is 16.8. The van der Waals surface area contributed by atoms with Gasteiger partial charge in [-0.15, -0.1) is 0 Å². The maximum atomic E-state index is 12.1. The van der Waals surface area contributed by atoms with Gasteiger partial charge in [-0.2, -0.15) is 0 Å². The van der Waals surface area contributed by atoms with Gasteiger partial charge >= 0.3 is 0 Å². The highest BCUT2D eigenvalue weighted by atomic mass is 16.2. The predicted octanol–water partition coefficient (Wildman–Crippen LogP) is 3.03. The summed E-state index contributed by atoms with van der Waals surface area (Å²) in [5, 5.41) is 3.35. The quantitative estimate of drug-likeness (QED) is 0.605. The summed E-state index contributed by atoms with van der Waals surface area (Å²) < 4.78 is 0. The molecule has 0 saturated carbocycles. The molecule has 5 nitrogen and oxygen atoms in total. The molecule has 2 aromatic carbocycles. The Hall–Kier alpha value is -2.82. The molecule has 0 aliphatic heterocycles. The third kappa shape index (κ3) is 6.44. The van der Waals surface area contributed by atoms with Crippen molar-refractivity contribution in [3.05, 3.63) is 71.3 Å². The van der Waals surface area contributed by atoms with Crippen LogP contribution in [0.4, 0.5) is 0 Å². The monoisotopic (exact) mass is 366 g/mol. The van der Waals surface area contributed by atoms with Gasteiger partial charge in [0.15, 0.2) is 5.96 Å². The molecule has 0 fully saturated rings. The lowest BCUT2D eigenvalue weighted by atomic mass is 10.1. The first-order valence-electron chi connectivity index (χ1n) is 9.35. The van der Waals surface area contributed by atoms with Crippen molar-refractivity contribution in [1.29, 1.82) is 0 Å². The van der Waals surface area contributed by atoms with Crippen molar-refractivity contribution in [3.63, 3.8) is 0 Å². The summed E-state index contributed by atoms with van der Waals surface area (Å²) >= 11 is 0. The Morgan fingerprint density at radius 3 is 2.37 bits per heavy atom. The number of carbonyl (C=O) groups is 1. The number of hydrogen-bond acceptors (Lipinski definition) is 2. The normalized spacial score (nSPS) is 11.2. The van der Waals surface area contributed by atoms with Gasteiger partial charge in [-0.3, -0.25) is 9.79 Å². The van der Waals surface area contributed by atoms with Crippen LogP contribution in [0.25, 0.3) is 0 Å². The largest absolute Gasteiger partial charge is 0.357 e. The molecule has 0 bridgehead atoms. The molecule has 0 spiro atoms. The van der Waals surface area contributed by atoms with Crippen LogP contribution < -0.4 is 5.32 Å². The van der Waals surface area contributed by atoms with Crippen LogP contribution in [0, 0.1) is 0 Å². The molecule has 0 atom stereocenters. The SMILES string of the molecule is CCNC(=NCCc1cccc(C(=O)N(C)C)c1)N(C)Cc1ccccc1. The van der Waals surface area contributed by atoms with E-state index >= 15 is 0 Å². The minimum Gasteiger partial charge on any atom is -0.357 e. The predicted molar refractivity (Wildman–Crippen MR) is 112 cm³/mol. The van der Waals surface area contributed by atoms with E-state index in [-0.39, 0.29) is 5.91 Å². The minimum atomic E-state index is 0.0243. The molecule has 0 aliphatic rings. The lowest BCUT2D eigenvalue weighted by Crippen LogP contribution is -2.38. The third-order valence-corrected chi connectivity index (χ3v) is 4.20. The lowest BCUT2D eigenvalue weighted by molar-refractivity contribution is 0.0827. The van der Waals surface area contributed by atoms with E-state index in [1.165, 1.54) is 5.56 Å². The minimum absolute atomic E-state index is 0.0243. The van der Waals surface area contributed by atoms with E-state index in [0.29, 0.717) is 6.54 Å². The summed E-state index contributed by atoms with van der Waals surface area (Å²) in [4.78, 5) is 20.6. The number of nitrogens with one attached hydrogen (secondary N) is 1. The van der Waals surface area contributed by atoms with E-state index in [0.717, 1.165) is 36.6 Å². The van der Waals surface area contributed by atoms with Crippen LogP contribution in [0.1, 0.15) is 28.4 Å². The number of amides is 1. The average molecular weight is 367 g/mol. The Balaban J connectivity index is 2.00. The molecule has 144 valence electrons. The van der Waals surface area contributed by atoms with Gasteiger partial charge in [-0.25, -0.2) is 0 Å². The first-order chi connectivity index (χ1) is 13.0. The number of rotatable bonds is 7. The molecule has 2 aromatic rings. The van der Waals surface area contributed by atoms with E-state index in [2.05, 4.69) is 41.4 Å². The smallest absolute Gasteiger partial charge is 0.253 e. The third-order valence-electron chi connectivity index (χ3n) is 4.20. The first kappa shape index (κ1) is 20.5. The van der Waals surface area contributed by atoms with Crippen molar-refractivity contribution in [2.75, 3.05) is 34.2 Å². The molecular formula is C22H30N4O. The highest BCUT2D eigenvalue weighted by Crippen LogP contribution is 2.09. The fraction of sp³-hybridized carbons (Fsp3) is 0.364. The zero-order chi connectivity index (χ0) is 19.6. The molecule has 5 heteroatoms. The second kappa shape index (κ2) is 10.4. The van der Waals surface area contributed by atoms with Crippen LogP contribution in [-0.2, 0) is 13.0 Å². The van der Waals surface area contributed by atoms with Crippen molar-refractivity contribution in [2.45, 2.75) is 19.9 Å². The van der Waals surface area contributed by atoms with Crippen LogP contribution in [-0.4, -0.2) is 55.9 Å². The second-order valence-electron chi connectivity index (χ2n) is 6.73. The molecule has 0 unspecified atom stereocenters. The number of nitrogens with zero attached hydrogens (tertiary/aromatic N) is 3. The van der Waals surface area contributed by atoms with Crippen molar-refractivity contribution in [3.8, 4) is 0 Å². The Bertz CT molecular complexity index is 756. The highest BCUT2D eigenvalue weighted by molar-refractivity contribution is 5.94. The standard InChI is InChI=1S/C22H30N4O/c1-5-23-22(26(4)17-19-10-7-6-8-11-19)24-15-14-18-12-9-13-20(16-18)21(27)25(2)3/h6-13,16H,5,14-15,17H2,1-4H3,(H,23,24). The lowest BCUT2D eigenvalue weighted by Gasteiger charge is -2.22. The molecular weight excluding hydrogens is 336 g/mol. The van der Waals surface area contributed by atoms with Gasteiger partial charge in [-0.1, -0.05) is 42.5 Å². The topological polar surface area (TPSA) is 47.9 Å². The molecule has 27 heavy (non-hydrogen) atoms.